The Bertz CT molecular complexity index is 542. The van der Waals surface area contributed by atoms with E-state index >= 15 is 0 Å². The van der Waals surface area contributed by atoms with Gasteiger partial charge in [-0.2, -0.15) is 0 Å². The highest BCUT2D eigenvalue weighted by molar-refractivity contribution is 6.30. The fraction of sp³-hybridized carbons (Fsp3) is 0.250. The Labute approximate surface area is 124 Å². The van der Waals surface area contributed by atoms with Gasteiger partial charge in [0.1, 0.15) is 0 Å². The average molecular weight is 292 g/mol. The smallest absolute Gasteiger partial charge is 0.0962 e. The fourth-order valence-corrected chi connectivity index (χ4v) is 2.08. The van der Waals surface area contributed by atoms with Crippen molar-refractivity contribution in [2.45, 2.75) is 12.7 Å². The second-order valence-corrected chi connectivity index (χ2v) is 5.02. The van der Waals surface area contributed by atoms with Crippen LogP contribution in [0.25, 0.3) is 0 Å². The van der Waals surface area contributed by atoms with E-state index in [0.717, 1.165) is 16.8 Å². The van der Waals surface area contributed by atoms with Gasteiger partial charge in [-0.1, -0.05) is 35.9 Å². The second kappa shape index (κ2) is 7.29. The zero-order chi connectivity index (χ0) is 14.4. The van der Waals surface area contributed by atoms with Gasteiger partial charge in [0.15, 0.2) is 0 Å². The number of nitrogens with one attached hydrogen (secondary N) is 1. The molecule has 0 saturated carbocycles. The predicted octanol–water partition coefficient (Wildman–Crippen LogP) is 3.63. The fourth-order valence-electron chi connectivity index (χ4n) is 1.96. The van der Waals surface area contributed by atoms with E-state index in [2.05, 4.69) is 5.32 Å². The first-order valence-corrected chi connectivity index (χ1v) is 6.82. The second-order valence-electron chi connectivity index (χ2n) is 4.58. The molecule has 0 saturated heterocycles. The van der Waals surface area contributed by atoms with Gasteiger partial charge in [-0.05, 0) is 35.4 Å². The zero-order valence-corrected chi connectivity index (χ0v) is 12.1. The summed E-state index contributed by atoms with van der Waals surface area (Å²) in [5.74, 6) is 0. The van der Waals surface area contributed by atoms with Crippen LogP contribution >= 0.6 is 11.6 Å². The maximum Gasteiger partial charge on any atom is 0.0962 e. The highest BCUT2D eigenvalue weighted by Crippen LogP contribution is 2.18. The molecule has 20 heavy (non-hydrogen) atoms. The molecule has 2 rings (SSSR count). The van der Waals surface area contributed by atoms with Crippen LogP contribution in [0.3, 0.4) is 0 Å². The minimum absolute atomic E-state index is 0.443. The molecule has 2 aromatic carbocycles. The minimum atomic E-state index is -0.571. The lowest BCUT2D eigenvalue weighted by atomic mass is 10.1. The monoisotopic (exact) mass is 291 g/mol. The minimum Gasteiger partial charge on any atom is -0.387 e. The first kappa shape index (κ1) is 14.9. The number of methoxy groups -OCH3 is 1. The Balaban J connectivity index is 1.94. The van der Waals surface area contributed by atoms with E-state index in [4.69, 9.17) is 16.3 Å². The van der Waals surface area contributed by atoms with Gasteiger partial charge in [-0.25, -0.2) is 0 Å². The van der Waals surface area contributed by atoms with E-state index in [0.29, 0.717) is 18.2 Å². The van der Waals surface area contributed by atoms with Crippen LogP contribution in [0.2, 0.25) is 5.02 Å². The largest absolute Gasteiger partial charge is 0.387 e. The van der Waals surface area contributed by atoms with Crippen molar-refractivity contribution in [1.82, 2.24) is 0 Å². The van der Waals surface area contributed by atoms with E-state index in [-0.39, 0.29) is 0 Å². The molecule has 1 atom stereocenters. The van der Waals surface area contributed by atoms with Crippen LogP contribution < -0.4 is 5.32 Å². The van der Waals surface area contributed by atoms with Gasteiger partial charge in [-0.3, -0.25) is 0 Å². The first-order valence-electron chi connectivity index (χ1n) is 6.44. The Hall–Kier alpha value is -1.55. The molecule has 3 nitrogen and oxygen atoms in total. The molecule has 0 bridgehead atoms. The van der Waals surface area contributed by atoms with Gasteiger partial charge >= 0.3 is 0 Å². The molecule has 0 aliphatic heterocycles. The molecule has 0 spiro atoms. The van der Waals surface area contributed by atoms with Crippen molar-refractivity contribution in [2.75, 3.05) is 19.0 Å². The summed E-state index contributed by atoms with van der Waals surface area (Å²) in [6.45, 7) is 1.02. The number of aliphatic hydroxyl groups is 1. The van der Waals surface area contributed by atoms with Crippen LogP contribution in [-0.2, 0) is 11.3 Å². The van der Waals surface area contributed by atoms with Crippen molar-refractivity contribution in [3.05, 3.63) is 64.7 Å². The van der Waals surface area contributed by atoms with Gasteiger partial charge in [-0.15, -0.1) is 0 Å². The SMILES string of the molecule is COCc1cccc(NCC(O)c2ccc(Cl)cc2)c1. The van der Waals surface area contributed by atoms with Crippen LogP contribution in [0.1, 0.15) is 17.2 Å². The first-order chi connectivity index (χ1) is 9.69. The summed E-state index contributed by atoms with van der Waals surface area (Å²) in [5.41, 5.74) is 2.90. The van der Waals surface area contributed by atoms with Crippen molar-refractivity contribution in [3.63, 3.8) is 0 Å². The standard InChI is InChI=1S/C16H18ClNO2/c1-20-11-12-3-2-4-15(9-12)18-10-16(19)13-5-7-14(17)8-6-13/h2-9,16,18-19H,10-11H2,1H3. The normalized spacial score (nSPS) is 12.2. The molecule has 0 fully saturated rings. The highest BCUT2D eigenvalue weighted by Gasteiger charge is 2.07. The number of halogens is 1. The third kappa shape index (κ3) is 4.23. The van der Waals surface area contributed by atoms with E-state index in [9.17, 15) is 5.11 Å². The molecule has 2 N–H and O–H groups in total. The molecule has 0 aliphatic carbocycles. The van der Waals surface area contributed by atoms with Crippen molar-refractivity contribution >= 4 is 17.3 Å². The summed E-state index contributed by atoms with van der Waals surface area (Å²) >= 11 is 5.83. The average Bonchev–Trinajstić information content (AvgIpc) is 2.46. The van der Waals surface area contributed by atoms with E-state index < -0.39 is 6.10 Å². The van der Waals surface area contributed by atoms with Crippen LogP contribution in [0.15, 0.2) is 48.5 Å². The third-order valence-corrected chi connectivity index (χ3v) is 3.24. The van der Waals surface area contributed by atoms with Crippen LogP contribution in [0.4, 0.5) is 5.69 Å². The number of benzene rings is 2. The number of anilines is 1. The number of hydrogen-bond donors (Lipinski definition) is 2. The summed E-state index contributed by atoms with van der Waals surface area (Å²) in [6.07, 6.45) is -0.571. The maximum atomic E-state index is 10.1. The molecule has 0 heterocycles. The Kier molecular flexibility index (Phi) is 5.41. The van der Waals surface area contributed by atoms with Crippen molar-refractivity contribution in [3.8, 4) is 0 Å². The van der Waals surface area contributed by atoms with Gasteiger partial charge < -0.3 is 15.2 Å². The zero-order valence-electron chi connectivity index (χ0n) is 11.3. The number of aliphatic hydroxyl groups excluding tert-OH is 1. The molecule has 0 amide bonds. The molecular weight excluding hydrogens is 274 g/mol. The summed E-state index contributed by atoms with van der Waals surface area (Å²) in [5, 5.41) is 14.0. The maximum absolute atomic E-state index is 10.1. The van der Waals surface area contributed by atoms with E-state index in [1.807, 2.05) is 36.4 Å². The molecule has 2 aromatic rings. The van der Waals surface area contributed by atoms with Crippen molar-refractivity contribution in [1.29, 1.82) is 0 Å². The topological polar surface area (TPSA) is 41.5 Å². The molecule has 0 radical (unpaired) electrons. The Morgan fingerprint density at radius 2 is 1.95 bits per heavy atom. The molecule has 0 aliphatic rings. The summed E-state index contributed by atoms with van der Waals surface area (Å²) in [7, 11) is 1.67. The van der Waals surface area contributed by atoms with Gasteiger partial charge in [0.05, 0.1) is 12.7 Å². The van der Waals surface area contributed by atoms with E-state index in [1.165, 1.54) is 0 Å². The molecule has 4 heteroatoms. The summed E-state index contributed by atoms with van der Waals surface area (Å²) in [4.78, 5) is 0. The lowest BCUT2D eigenvalue weighted by Crippen LogP contribution is -2.12. The number of rotatable bonds is 6. The van der Waals surface area contributed by atoms with Gasteiger partial charge in [0.2, 0.25) is 0 Å². The lowest BCUT2D eigenvalue weighted by molar-refractivity contribution is 0.185. The van der Waals surface area contributed by atoms with E-state index in [1.54, 1.807) is 19.2 Å². The van der Waals surface area contributed by atoms with Crippen molar-refractivity contribution in [2.24, 2.45) is 0 Å². The van der Waals surface area contributed by atoms with Crippen molar-refractivity contribution < 1.29 is 9.84 Å². The number of ether oxygens (including phenoxy) is 1. The highest BCUT2D eigenvalue weighted by atomic mass is 35.5. The van der Waals surface area contributed by atoms with Crippen LogP contribution in [-0.4, -0.2) is 18.8 Å². The molecule has 0 aromatic heterocycles. The van der Waals surface area contributed by atoms with Gasteiger partial charge in [0, 0.05) is 24.4 Å². The van der Waals surface area contributed by atoms with Crippen LogP contribution in [0.5, 0.6) is 0 Å². The number of hydrogen-bond acceptors (Lipinski definition) is 3. The predicted molar refractivity (Wildman–Crippen MR) is 82.1 cm³/mol. The summed E-state index contributed by atoms with van der Waals surface area (Å²) < 4.78 is 5.10. The quantitative estimate of drug-likeness (QED) is 0.854. The molecular formula is C16H18ClNO2. The Morgan fingerprint density at radius 3 is 2.65 bits per heavy atom. The molecule has 106 valence electrons. The Morgan fingerprint density at radius 1 is 1.20 bits per heavy atom. The third-order valence-electron chi connectivity index (χ3n) is 2.99. The lowest BCUT2D eigenvalue weighted by Gasteiger charge is -2.14. The van der Waals surface area contributed by atoms with Crippen LogP contribution in [0, 0.1) is 0 Å². The molecule has 1 unspecified atom stereocenters. The van der Waals surface area contributed by atoms with Gasteiger partial charge in [0.25, 0.3) is 0 Å². The summed E-state index contributed by atoms with van der Waals surface area (Å²) in [6, 6.07) is 15.2.